The molecule has 0 aliphatic carbocycles. The summed E-state index contributed by atoms with van der Waals surface area (Å²) in [5.41, 5.74) is 5.27. The standard InChI is InChI=1S/C13H28N2O5/c14-5-8-19-10-12-20-11-9-18-7-4-2-1-3-6-15-13(16)17/h15H,1-12,14H2,(H,16,17). The molecule has 0 atom stereocenters. The van der Waals surface area contributed by atoms with Crippen LogP contribution in [0, 0.1) is 0 Å². The van der Waals surface area contributed by atoms with E-state index >= 15 is 0 Å². The number of ether oxygens (including phenoxy) is 3. The van der Waals surface area contributed by atoms with E-state index < -0.39 is 6.09 Å². The lowest BCUT2D eigenvalue weighted by molar-refractivity contribution is 0.0153. The summed E-state index contributed by atoms with van der Waals surface area (Å²) in [5.74, 6) is 0. The minimum atomic E-state index is -0.957. The molecule has 0 aromatic rings. The second kappa shape index (κ2) is 16.2. The van der Waals surface area contributed by atoms with Crippen molar-refractivity contribution in [1.82, 2.24) is 5.32 Å². The van der Waals surface area contributed by atoms with Gasteiger partial charge < -0.3 is 30.4 Å². The number of hydrogen-bond acceptors (Lipinski definition) is 5. The monoisotopic (exact) mass is 292 g/mol. The third-order valence-corrected chi connectivity index (χ3v) is 2.50. The number of rotatable bonds is 15. The van der Waals surface area contributed by atoms with E-state index in [9.17, 15) is 4.79 Å². The Hall–Kier alpha value is -0.890. The Morgan fingerprint density at radius 3 is 2.00 bits per heavy atom. The lowest BCUT2D eigenvalue weighted by atomic mass is 10.2. The van der Waals surface area contributed by atoms with E-state index in [0.29, 0.717) is 46.1 Å². The van der Waals surface area contributed by atoms with Crippen molar-refractivity contribution in [3.05, 3.63) is 0 Å². The minimum absolute atomic E-state index is 0.524. The van der Waals surface area contributed by atoms with Gasteiger partial charge in [0, 0.05) is 19.7 Å². The molecular formula is C13H28N2O5. The topological polar surface area (TPSA) is 103 Å². The van der Waals surface area contributed by atoms with Crippen LogP contribution in [0.3, 0.4) is 0 Å². The van der Waals surface area contributed by atoms with E-state index in [4.69, 9.17) is 25.1 Å². The third kappa shape index (κ3) is 17.1. The Morgan fingerprint density at radius 2 is 1.40 bits per heavy atom. The highest BCUT2D eigenvalue weighted by Gasteiger charge is 1.95. The first-order valence-corrected chi connectivity index (χ1v) is 7.17. The molecule has 0 aliphatic heterocycles. The lowest BCUT2D eigenvalue weighted by Gasteiger charge is -2.06. The molecule has 0 spiro atoms. The molecule has 0 fully saturated rings. The first kappa shape index (κ1) is 19.1. The summed E-state index contributed by atoms with van der Waals surface area (Å²) in [4.78, 5) is 10.2. The second-order valence-electron chi connectivity index (χ2n) is 4.27. The van der Waals surface area contributed by atoms with Crippen molar-refractivity contribution in [1.29, 1.82) is 0 Å². The first-order valence-electron chi connectivity index (χ1n) is 7.17. The van der Waals surface area contributed by atoms with Gasteiger partial charge in [-0.1, -0.05) is 12.8 Å². The van der Waals surface area contributed by atoms with E-state index in [1.165, 1.54) is 0 Å². The predicted molar refractivity (Wildman–Crippen MR) is 76.0 cm³/mol. The molecule has 0 rings (SSSR count). The number of carbonyl (C=O) groups is 1. The van der Waals surface area contributed by atoms with Crippen molar-refractivity contribution in [3.63, 3.8) is 0 Å². The average molecular weight is 292 g/mol. The summed E-state index contributed by atoms with van der Waals surface area (Å²) in [7, 11) is 0. The van der Waals surface area contributed by atoms with Gasteiger partial charge in [0.25, 0.3) is 0 Å². The highest BCUT2D eigenvalue weighted by atomic mass is 16.5. The summed E-state index contributed by atoms with van der Waals surface area (Å²) < 4.78 is 15.9. The molecule has 0 aliphatic rings. The highest BCUT2D eigenvalue weighted by molar-refractivity contribution is 5.64. The fourth-order valence-electron chi connectivity index (χ4n) is 1.50. The van der Waals surface area contributed by atoms with Crippen molar-refractivity contribution < 1.29 is 24.1 Å². The molecule has 20 heavy (non-hydrogen) atoms. The Kier molecular flexibility index (Phi) is 15.4. The Balaban J connectivity index is 2.94. The van der Waals surface area contributed by atoms with Crippen LogP contribution in [0.15, 0.2) is 0 Å². The minimum Gasteiger partial charge on any atom is -0.465 e. The first-order chi connectivity index (χ1) is 9.77. The summed E-state index contributed by atoms with van der Waals surface area (Å²) in [6, 6.07) is 0. The van der Waals surface area contributed by atoms with Gasteiger partial charge in [-0.05, 0) is 12.8 Å². The molecule has 0 bridgehead atoms. The average Bonchev–Trinajstić information content (AvgIpc) is 2.43. The normalized spacial score (nSPS) is 10.7. The van der Waals surface area contributed by atoms with Crippen molar-refractivity contribution in [2.75, 3.05) is 52.7 Å². The van der Waals surface area contributed by atoms with E-state index in [1.807, 2.05) is 0 Å². The van der Waals surface area contributed by atoms with Crippen LogP contribution in [0.2, 0.25) is 0 Å². The van der Waals surface area contributed by atoms with E-state index in [1.54, 1.807) is 0 Å². The number of unbranched alkanes of at least 4 members (excludes halogenated alkanes) is 3. The second-order valence-corrected chi connectivity index (χ2v) is 4.27. The molecule has 0 saturated heterocycles. The van der Waals surface area contributed by atoms with Crippen LogP contribution in [-0.4, -0.2) is 63.9 Å². The number of nitrogens with two attached hydrogens (primary N) is 1. The van der Waals surface area contributed by atoms with Crippen molar-refractivity contribution in [2.24, 2.45) is 5.73 Å². The summed E-state index contributed by atoms with van der Waals surface area (Å²) in [6.45, 7) is 4.67. The molecule has 0 aromatic heterocycles. The highest BCUT2D eigenvalue weighted by Crippen LogP contribution is 1.99. The quantitative estimate of drug-likeness (QED) is 0.386. The zero-order chi connectivity index (χ0) is 14.9. The summed E-state index contributed by atoms with van der Waals surface area (Å²) in [5, 5.41) is 10.7. The number of hydrogen-bond donors (Lipinski definition) is 3. The van der Waals surface area contributed by atoms with Crippen LogP contribution in [0.4, 0.5) is 4.79 Å². The zero-order valence-corrected chi connectivity index (χ0v) is 12.1. The van der Waals surface area contributed by atoms with Gasteiger partial charge >= 0.3 is 6.09 Å². The van der Waals surface area contributed by atoms with Gasteiger partial charge in [-0.2, -0.15) is 0 Å². The van der Waals surface area contributed by atoms with Gasteiger partial charge in [0.15, 0.2) is 0 Å². The van der Waals surface area contributed by atoms with Gasteiger partial charge in [-0.15, -0.1) is 0 Å². The van der Waals surface area contributed by atoms with Crippen LogP contribution in [0.5, 0.6) is 0 Å². The van der Waals surface area contributed by atoms with Crippen LogP contribution in [0.25, 0.3) is 0 Å². The molecule has 4 N–H and O–H groups in total. The fraction of sp³-hybridized carbons (Fsp3) is 0.923. The number of nitrogens with one attached hydrogen (secondary N) is 1. The Bertz CT molecular complexity index is 217. The predicted octanol–water partition coefficient (Wildman–Crippen LogP) is 0.823. The molecule has 120 valence electrons. The molecule has 0 radical (unpaired) electrons. The van der Waals surface area contributed by atoms with E-state index in [2.05, 4.69) is 5.32 Å². The summed E-state index contributed by atoms with van der Waals surface area (Å²) >= 11 is 0. The van der Waals surface area contributed by atoms with Crippen LogP contribution >= 0.6 is 0 Å². The van der Waals surface area contributed by atoms with Crippen molar-refractivity contribution in [2.45, 2.75) is 25.7 Å². The Labute approximate surface area is 120 Å². The van der Waals surface area contributed by atoms with Gasteiger partial charge in [-0.25, -0.2) is 4.79 Å². The molecule has 0 unspecified atom stereocenters. The molecule has 0 saturated carbocycles. The van der Waals surface area contributed by atoms with Crippen molar-refractivity contribution in [3.8, 4) is 0 Å². The van der Waals surface area contributed by atoms with E-state index in [-0.39, 0.29) is 0 Å². The largest absolute Gasteiger partial charge is 0.465 e. The summed E-state index contributed by atoms with van der Waals surface area (Å²) in [6.07, 6.45) is 2.97. The number of amides is 1. The van der Waals surface area contributed by atoms with Gasteiger partial charge in [0.2, 0.25) is 0 Å². The van der Waals surface area contributed by atoms with Crippen LogP contribution < -0.4 is 11.1 Å². The Morgan fingerprint density at radius 1 is 0.850 bits per heavy atom. The molecular weight excluding hydrogens is 264 g/mol. The van der Waals surface area contributed by atoms with Crippen LogP contribution in [0.1, 0.15) is 25.7 Å². The molecule has 0 heterocycles. The maximum absolute atomic E-state index is 10.2. The van der Waals surface area contributed by atoms with Gasteiger partial charge in [0.1, 0.15) is 0 Å². The van der Waals surface area contributed by atoms with Gasteiger partial charge in [0.05, 0.1) is 33.0 Å². The smallest absolute Gasteiger partial charge is 0.404 e. The number of carboxylic acid groups (broad SMARTS) is 1. The molecule has 7 nitrogen and oxygen atoms in total. The molecule has 1 amide bonds. The SMILES string of the molecule is NCCOCCOCCOCCCCCCNC(=O)O. The third-order valence-electron chi connectivity index (χ3n) is 2.50. The molecule has 0 aromatic carbocycles. The fourth-order valence-corrected chi connectivity index (χ4v) is 1.50. The molecule has 7 heteroatoms. The van der Waals surface area contributed by atoms with Gasteiger partial charge in [-0.3, -0.25) is 0 Å². The zero-order valence-electron chi connectivity index (χ0n) is 12.1. The van der Waals surface area contributed by atoms with E-state index in [0.717, 1.165) is 32.3 Å². The maximum atomic E-state index is 10.2. The maximum Gasteiger partial charge on any atom is 0.404 e. The van der Waals surface area contributed by atoms with Crippen LogP contribution in [-0.2, 0) is 14.2 Å². The lowest BCUT2D eigenvalue weighted by Crippen LogP contribution is -2.21. The van der Waals surface area contributed by atoms with Crippen molar-refractivity contribution >= 4 is 6.09 Å².